The SMILES string of the molecule is CC/C=C\C/C=C\C/C=C\C/C=C\C/C=C\CCCCCC(=O)OCC(COP(=O)(O)OCC(O)COP(=O)(O)OCC(COC(=O)CCC/C=C\C/C=C\C/C=C\C/C=C\C/C=C\CC)OC(=O)CCCCCCC/C=C\CCCC)OC(=O)CCCCCCC/C=C\C/C=C\CCCCC. The molecule has 0 heterocycles. The molecule has 3 N–H and O–H groups in total. The van der Waals surface area contributed by atoms with Crippen molar-refractivity contribution in [2.24, 2.45) is 0 Å². The van der Waals surface area contributed by atoms with Crippen molar-refractivity contribution in [1.29, 1.82) is 0 Å². The normalized spacial score (nSPS) is 14.8. The van der Waals surface area contributed by atoms with Crippen molar-refractivity contribution >= 4 is 39.5 Å². The largest absolute Gasteiger partial charge is 0.472 e. The Balaban J connectivity index is 5.43. The summed E-state index contributed by atoms with van der Waals surface area (Å²) in [4.78, 5) is 72.9. The summed E-state index contributed by atoms with van der Waals surface area (Å²) in [6, 6.07) is 0. The lowest BCUT2D eigenvalue weighted by Gasteiger charge is -2.21. The standard InChI is InChI=1S/C83H136O17P2/c1-5-9-13-17-21-25-29-32-35-37-38-40-43-45-49-52-56-60-64-68-81(86)94-74-79(100-83(88)70-66-62-58-54-50-46-41-34-31-27-23-19-15-11-7-3)76-98-102(91,92)96-72-77(84)71-95-101(89,90)97-75-78(99-82(87)69-65-61-57-53-47-28-24-20-16-12-8-4)73-93-80(85)67-63-59-55-51-48-44-42-39-36-33-30-26-22-18-14-10-6-2/h9-10,13-14,20-27,32-36,38,40-42,44-45,49,51,55,77-79,84H,5-8,11-12,15-19,28-31,37,39,43,46-48,50,52-54,56-76H2,1-4H3,(H,89,90)(H,91,92)/b13-9-,14-10-,24-20-,25-21-,26-22-,27-23-,35-32-,36-33-,40-38-,41-34-,44-42-,49-45-,55-51-. The van der Waals surface area contributed by atoms with Gasteiger partial charge in [0, 0.05) is 25.7 Å². The first-order valence-electron chi connectivity index (χ1n) is 38.7. The Kier molecular flexibility index (Phi) is 70.1. The first kappa shape index (κ1) is 96.7. The Morgan fingerprint density at radius 3 is 0.873 bits per heavy atom. The fourth-order valence-corrected chi connectivity index (χ4v) is 11.2. The minimum Gasteiger partial charge on any atom is -0.462 e. The van der Waals surface area contributed by atoms with Crippen molar-refractivity contribution in [3.63, 3.8) is 0 Å². The zero-order chi connectivity index (χ0) is 74.6. The van der Waals surface area contributed by atoms with Gasteiger partial charge in [-0.25, -0.2) is 9.13 Å². The van der Waals surface area contributed by atoms with Crippen LogP contribution in [0.15, 0.2) is 158 Å². The lowest BCUT2D eigenvalue weighted by Crippen LogP contribution is -2.30. The molecule has 5 atom stereocenters. The van der Waals surface area contributed by atoms with Gasteiger partial charge in [-0.15, -0.1) is 0 Å². The van der Waals surface area contributed by atoms with Crippen LogP contribution >= 0.6 is 15.6 Å². The van der Waals surface area contributed by atoms with Crippen molar-refractivity contribution in [2.45, 2.75) is 303 Å². The maximum atomic E-state index is 13.1. The Morgan fingerprint density at radius 1 is 0.284 bits per heavy atom. The van der Waals surface area contributed by atoms with E-state index in [9.17, 15) is 43.2 Å². The summed E-state index contributed by atoms with van der Waals surface area (Å²) in [5.41, 5.74) is 0. The molecule has 0 aromatic carbocycles. The average molecular weight is 1470 g/mol. The van der Waals surface area contributed by atoms with Gasteiger partial charge in [0.25, 0.3) is 0 Å². The second-order valence-electron chi connectivity index (χ2n) is 25.2. The fraction of sp³-hybridized carbons (Fsp3) is 0.639. The van der Waals surface area contributed by atoms with Crippen LogP contribution in [0.1, 0.15) is 285 Å². The molecule has 0 fully saturated rings. The molecule has 0 saturated carbocycles. The highest BCUT2D eigenvalue weighted by Gasteiger charge is 2.30. The predicted octanol–water partition coefficient (Wildman–Crippen LogP) is 22.4. The predicted molar refractivity (Wildman–Crippen MR) is 417 cm³/mol. The molecule has 0 rings (SSSR count). The maximum Gasteiger partial charge on any atom is 0.472 e. The number of carbonyl (C=O) groups excluding carboxylic acids is 4. The van der Waals surface area contributed by atoms with Gasteiger partial charge in [-0.05, 0) is 161 Å². The number of esters is 4. The van der Waals surface area contributed by atoms with E-state index in [-0.39, 0.29) is 25.7 Å². The molecular weight excluding hydrogens is 1330 g/mol. The lowest BCUT2D eigenvalue weighted by atomic mass is 10.1. The highest BCUT2D eigenvalue weighted by Crippen LogP contribution is 2.45. The van der Waals surface area contributed by atoms with E-state index in [1.165, 1.54) is 32.1 Å². The first-order valence-corrected chi connectivity index (χ1v) is 41.7. The van der Waals surface area contributed by atoms with E-state index < -0.39 is 97.5 Å². The topological polar surface area (TPSA) is 237 Å². The third-order valence-electron chi connectivity index (χ3n) is 15.5. The molecule has 17 nitrogen and oxygen atoms in total. The molecule has 0 aliphatic carbocycles. The van der Waals surface area contributed by atoms with E-state index in [1.54, 1.807) is 0 Å². The van der Waals surface area contributed by atoms with Crippen LogP contribution in [-0.2, 0) is 65.4 Å². The number of carbonyl (C=O) groups is 4. The molecule has 0 bridgehead atoms. The molecule has 0 aromatic heterocycles. The Morgan fingerprint density at radius 2 is 0.529 bits per heavy atom. The van der Waals surface area contributed by atoms with Gasteiger partial charge in [0.15, 0.2) is 12.2 Å². The number of hydrogen-bond donors (Lipinski definition) is 3. The Bertz CT molecular complexity index is 2550. The lowest BCUT2D eigenvalue weighted by molar-refractivity contribution is -0.161. The molecular formula is C83H136O17P2. The number of aliphatic hydroxyl groups is 1. The number of aliphatic hydroxyl groups excluding tert-OH is 1. The third-order valence-corrected chi connectivity index (χ3v) is 17.4. The summed E-state index contributed by atoms with van der Waals surface area (Å²) in [6.07, 6.45) is 85.3. The van der Waals surface area contributed by atoms with E-state index in [0.717, 1.165) is 167 Å². The van der Waals surface area contributed by atoms with Crippen molar-refractivity contribution < 1.29 is 80.2 Å². The van der Waals surface area contributed by atoms with E-state index in [0.29, 0.717) is 32.1 Å². The van der Waals surface area contributed by atoms with Gasteiger partial charge in [-0.3, -0.25) is 37.3 Å². The van der Waals surface area contributed by atoms with Crippen LogP contribution in [0, 0.1) is 0 Å². The zero-order valence-corrected chi connectivity index (χ0v) is 65.0. The van der Waals surface area contributed by atoms with Crippen LogP contribution in [0.25, 0.3) is 0 Å². The molecule has 0 aromatic rings. The summed E-state index contributed by atoms with van der Waals surface area (Å²) in [5.74, 6) is -2.32. The molecule has 0 amide bonds. The van der Waals surface area contributed by atoms with Gasteiger partial charge in [-0.1, -0.05) is 256 Å². The number of hydrogen-bond acceptors (Lipinski definition) is 15. The summed E-state index contributed by atoms with van der Waals surface area (Å²) < 4.78 is 68.4. The number of rotatable bonds is 71. The molecule has 0 spiro atoms. The highest BCUT2D eigenvalue weighted by atomic mass is 31.2. The average Bonchev–Trinajstić information content (AvgIpc) is 0.939. The number of phosphoric ester groups is 2. The monoisotopic (exact) mass is 1470 g/mol. The number of allylic oxidation sites excluding steroid dienone is 26. The number of unbranched alkanes of at least 4 members (excludes halogenated alkanes) is 19. The van der Waals surface area contributed by atoms with Gasteiger partial charge in [-0.2, -0.15) is 0 Å². The molecule has 0 aliphatic rings. The van der Waals surface area contributed by atoms with Crippen LogP contribution in [0.5, 0.6) is 0 Å². The van der Waals surface area contributed by atoms with Crippen molar-refractivity contribution in [1.82, 2.24) is 0 Å². The van der Waals surface area contributed by atoms with Gasteiger partial charge < -0.3 is 33.8 Å². The first-order chi connectivity index (χ1) is 49.7. The molecule has 580 valence electrons. The van der Waals surface area contributed by atoms with Crippen LogP contribution < -0.4 is 0 Å². The van der Waals surface area contributed by atoms with E-state index in [2.05, 4.69) is 174 Å². The molecule has 5 unspecified atom stereocenters. The minimum atomic E-state index is -5.00. The summed E-state index contributed by atoms with van der Waals surface area (Å²) in [5, 5.41) is 10.6. The Hall–Kier alpha value is -5.32. The third kappa shape index (κ3) is 73.0. The van der Waals surface area contributed by atoms with E-state index >= 15 is 0 Å². The second kappa shape index (κ2) is 74.0. The van der Waals surface area contributed by atoms with Crippen LogP contribution in [0.4, 0.5) is 0 Å². The molecule has 19 heteroatoms. The molecule has 102 heavy (non-hydrogen) atoms. The quantitative estimate of drug-likeness (QED) is 0.0169. The highest BCUT2D eigenvalue weighted by molar-refractivity contribution is 7.47. The summed E-state index contributed by atoms with van der Waals surface area (Å²) in [7, 11) is -9.99. The number of phosphoric acid groups is 2. The van der Waals surface area contributed by atoms with Crippen LogP contribution in [-0.4, -0.2) is 96.7 Å². The molecule has 0 aliphatic heterocycles. The summed E-state index contributed by atoms with van der Waals surface area (Å²) in [6.45, 7) is 4.43. The van der Waals surface area contributed by atoms with Crippen LogP contribution in [0.2, 0.25) is 0 Å². The fourth-order valence-electron chi connectivity index (χ4n) is 9.59. The minimum absolute atomic E-state index is 0.0650. The van der Waals surface area contributed by atoms with Gasteiger partial charge in [0.2, 0.25) is 0 Å². The van der Waals surface area contributed by atoms with Crippen molar-refractivity contribution in [2.75, 3.05) is 39.6 Å². The van der Waals surface area contributed by atoms with E-state index in [4.69, 9.17) is 37.0 Å². The zero-order valence-electron chi connectivity index (χ0n) is 63.2. The molecule has 0 radical (unpaired) electrons. The van der Waals surface area contributed by atoms with Crippen molar-refractivity contribution in [3.05, 3.63) is 158 Å². The second-order valence-corrected chi connectivity index (χ2v) is 28.1. The smallest absolute Gasteiger partial charge is 0.462 e. The van der Waals surface area contributed by atoms with Gasteiger partial charge in [0.05, 0.1) is 26.4 Å². The molecule has 0 saturated heterocycles. The van der Waals surface area contributed by atoms with Gasteiger partial charge in [0.1, 0.15) is 19.3 Å². The van der Waals surface area contributed by atoms with E-state index in [1.807, 2.05) is 12.2 Å². The Labute approximate surface area is 617 Å². The van der Waals surface area contributed by atoms with Crippen molar-refractivity contribution in [3.8, 4) is 0 Å². The van der Waals surface area contributed by atoms with Crippen LogP contribution in [0.3, 0.4) is 0 Å². The number of ether oxygens (including phenoxy) is 4. The summed E-state index contributed by atoms with van der Waals surface area (Å²) >= 11 is 0. The van der Waals surface area contributed by atoms with Gasteiger partial charge >= 0.3 is 39.5 Å². The maximum absolute atomic E-state index is 13.1.